The highest BCUT2D eigenvalue weighted by molar-refractivity contribution is 7.88. The van der Waals surface area contributed by atoms with Crippen LogP contribution in [-0.2, 0) is 10.0 Å². The summed E-state index contributed by atoms with van der Waals surface area (Å²) in [7, 11) is -3.28. The van der Waals surface area contributed by atoms with Crippen molar-refractivity contribution in [1.82, 2.24) is 10.0 Å². The SMILES string of the molecule is CS(=O)(=O)NCCNC(=O)c1ccc(F)cc1N. The summed E-state index contributed by atoms with van der Waals surface area (Å²) in [6, 6.07) is 3.44. The first kappa shape index (κ1) is 14.4. The van der Waals surface area contributed by atoms with Crippen LogP contribution in [0.1, 0.15) is 10.4 Å². The van der Waals surface area contributed by atoms with Crippen molar-refractivity contribution in [2.45, 2.75) is 0 Å². The molecule has 0 aromatic heterocycles. The number of carbonyl (C=O) groups is 1. The molecule has 0 saturated heterocycles. The van der Waals surface area contributed by atoms with Gasteiger partial charge in [-0.3, -0.25) is 4.79 Å². The molecule has 0 aliphatic heterocycles. The molecule has 1 amide bonds. The van der Waals surface area contributed by atoms with Crippen molar-refractivity contribution >= 4 is 21.6 Å². The van der Waals surface area contributed by atoms with E-state index in [1.807, 2.05) is 0 Å². The molecule has 0 aliphatic carbocycles. The van der Waals surface area contributed by atoms with Crippen LogP contribution in [0.25, 0.3) is 0 Å². The van der Waals surface area contributed by atoms with Gasteiger partial charge in [-0.1, -0.05) is 0 Å². The molecule has 0 unspecified atom stereocenters. The molecule has 0 bridgehead atoms. The van der Waals surface area contributed by atoms with Crippen molar-refractivity contribution in [2.75, 3.05) is 25.1 Å². The Hall–Kier alpha value is -1.67. The van der Waals surface area contributed by atoms with Crippen molar-refractivity contribution in [2.24, 2.45) is 0 Å². The van der Waals surface area contributed by atoms with Gasteiger partial charge >= 0.3 is 0 Å². The molecule has 6 nitrogen and oxygen atoms in total. The highest BCUT2D eigenvalue weighted by Crippen LogP contribution is 2.12. The van der Waals surface area contributed by atoms with Crippen molar-refractivity contribution in [3.05, 3.63) is 29.6 Å². The third-order valence-electron chi connectivity index (χ3n) is 2.03. The number of nitrogens with two attached hydrogens (primary N) is 1. The number of sulfonamides is 1. The molecular formula is C10H14FN3O3S. The zero-order valence-corrected chi connectivity index (χ0v) is 10.6. The number of rotatable bonds is 5. The molecule has 8 heteroatoms. The predicted molar refractivity (Wildman–Crippen MR) is 66.0 cm³/mol. The van der Waals surface area contributed by atoms with Crippen molar-refractivity contribution in [1.29, 1.82) is 0 Å². The van der Waals surface area contributed by atoms with Gasteiger partial charge in [0.25, 0.3) is 5.91 Å². The van der Waals surface area contributed by atoms with Crippen LogP contribution in [0.3, 0.4) is 0 Å². The minimum atomic E-state index is -3.28. The Morgan fingerprint density at radius 1 is 1.39 bits per heavy atom. The molecule has 0 saturated carbocycles. The highest BCUT2D eigenvalue weighted by atomic mass is 32.2. The van der Waals surface area contributed by atoms with Gasteiger partial charge in [0.15, 0.2) is 0 Å². The minimum Gasteiger partial charge on any atom is -0.398 e. The normalized spacial score (nSPS) is 11.2. The van der Waals surface area contributed by atoms with Crippen LogP contribution in [0.2, 0.25) is 0 Å². The summed E-state index contributed by atoms with van der Waals surface area (Å²) in [5.74, 6) is -1.01. The maximum absolute atomic E-state index is 12.8. The lowest BCUT2D eigenvalue weighted by atomic mass is 10.1. The highest BCUT2D eigenvalue weighted by Gasteiger charge is 2.09. The van der Waals surface area contributed by atoms with E-state index in [4.69, 9.17) is 5.73 Å². The Kier molecular flexibility index (Phi) is 4.62. The third-order valence-corrected chi connectivity index (χ3v) is 2.76. The van der Waals surface area contributed by atoms with Crippen LogP contribution >= 0.6 is 0 Å². The van der Waals surface area contributed by atoms with Crippen LogP contribution in [-0.4, -0.2) is 33.7 Å². The van der Waals surface area contributed by atoms with Gasteiger partial charge in [0, 0.05) is 18.8 Å². The number of carbonyl (C=O) groups excluding carboxylic acids is 1. The molecule has 0 radical (unpaired) electrons. The molecule has 0 aliphatic rings. The van der Waals surface area contributed by atoms with Gasteiger partial charge in [-0.05, 0) is 18.2 Å². The van der Waals surface area contributed by atoms with Gasteiger partial charge < -0.3 is 11.1 Å². The monoisotopic (exact) mass is 275 g/mol. The second kappa shape index (κ2) is 5.78. The van der Waals surface area contributed by atoms with Crippen LogP contribution in [0.5, 0.6) is 0 Å². The fourth-order valence-electron chi connectivity index (χ4n) is 1.25. The van der Waals surface area contributed by atoms with Crippen molar-refractivity contribution < 1.29 is 17.6 Å². The van der Waals surface area contributed by atoms with Gasteiger partial charge in [0.2, 0.25) is 10.0 Å². The molecule has 100 valence electrons. The average Bonchev–Trinajstić information content (AvgIpc) is 2.22. The van der Waals surface area contributed by atoms with Gasteiger partial charge in [0.1, 0.15) is 5.82 Å². The first-order valence-corrected chi connectivity index (χ1v) is 6.96. The van der Waals surface area contributed by atoms with E-state index in [2.05, 4.69) is 10.0 Å². The quantitative estimate of drug-likeness (QED) is 0.506. The number of amides is 1. The molecule has 18 heavy (non-hydrogen) atoms. The number of hydrogen-bond acceptors (Lipinski definition) is 4. The predicted octanol–water partition coefficient (Wildman–Crippen LogP) is -0.313. The number of benzene rings is 1. The van der Waals surface area contributed by atoms with E-state index in [0.717, 1.165) is 18.4 Å². The standard InChI is InChI=1S/C10H14FN3O3S/c1-18(16,17)14-5-4-13-10(15)8-3-2-7(11)6-9(8)12/h2-3,6,14H,4-5,12H2,1H3,(H,13,15). The van der Waals surface area contributed by atoms with Gasteiger partial charge in [-0.15, -0.1) is 0 Å². The number of hydrogen-bond donors (Lipinski definition) is 3. The summed E-state index contributed by atoms with van der Waals surface area (Å²) in [4.78, 5) is 11.6. The van der Waals surface area contributed by atoms with E-state index in [9.17, 15) is 17.6 Å². The Balaban J connectivity index is 2.51. The topological polar surface area (TPSA) is 101 Å². The van der Waals surface area contributed by atoms with E-state index in [1.165, 1.54) is 6.07 Å². The summed E-state index contributed by atoms with van der Waals surface area (Å²) < 4.78 is 36.5. The second-order valence-corrected chi connectivity index (χ2v) is 5.49. The largest absolute Gasteiger partial charge is 0.398 e. The van der Waals surface area contributed by atoms with E-state index in [0.29, 0.717) is 0 Å². The third kappa shape index (κ3) is 4.68. The van der Waals surface area contributed by atoms with Gasteiger partial charge in [0.05, 0.1) is 11.8 Å². The number of nitrogen functional groups attached to an aromatic ring is 1. The minimum absolute atomic E-state index is 0.0311. The van der Waals surface area contributed by atoms with Gasteiger partial charge in [-0.2, -0.15) is 0 Å². The lowest BCUT2D eigenvalue weighted by Gasteiger charge is -2.07. The summed E-state index contributed by atoms with van der Waals surface area (Å²) in [5.41, 5.74) is 5.66. The zero-order valence-electron chi connectivity index (χ0n) is 9.73. The smallest absolute Gasteiger partial charge is 0.253 e. The van der Waals surface area contributed by atoms with Gasteiger partial charge in [-0.25, -0.2) is 17.5 Å². The number of halogens is 1. The van der Waals surface area contributed by atoms with E-state index >= 15 is 0 Å². The second-order valence-electron chi connectivity index (χ2n) is 3.65. The van der Waals surface area contributed by atoms with Crippen LogP contribution in [0.4, 0.5) is 10.1 Å². The average molecular weight is 275 g/mol. The Morgan fingerprint density at radius 2 is 2.06 bits per heavy atom. The first-order valence-electron chi connectivity index (χ1n) is 5.07. The molecule has 1 rings (SSSR count). The van der Waals surface area contributed by atoms with Crippen LogP contribution in [0.15, 0.2) is 18.2 Å². The summed E-state index contributed by atoms with van der Waals surface area (Å²) in [6.45, 7) is 0.189. The molecule has 0 fully saturated rings. The molecular weight excluding hydrogens is 261 g/mol. The first-order chi connectivity index (χ1) is 8.29. The molecule has 0 atom stereocenters. The van der Waals surface area contributed by atoms with Crippen LogP contribution < -0.4 is 15.8 Å². The summed E-state index contributed by atoms with van der Waals surface area (Å²) in [5, 5.41) is 2.46. The van der Waals surface area contributed by atoms with Crippen molar-refractivity contribution in [3.63, 3.8) is 0 Å². The maximum Gasteiger partial charge on any atom is 0.253 e. The number of nitrogens with one attached hydrogen (secondary N) is 2. The zero-order chi connectivity index (χ0) is 13.8. The molecule has 1 aromatic carbocycles. The Labute approximate surface area is 104 Å². The number of anilines is 1. The Bertz CT molecular complexity index is 545. The summed E-state index contributed by atoms with van der Waals surface area (Å²) >= 11 is 0. The molecule has 1 aromatic rings. The fraction of sp³-hybridized carbons (Fsp3) is 0.300. The van der Waals surface area contributed by atoms with E-state index in [1.54, 1.807) is 0 Å². The summed E-state index contributed by atoms with van der Waals surface area (Å²) in [6.07, 6.45) is 1.02. The Morgan fingerprint density at radius 3 is 2.61 bits per heavy atom. The van der Waals surface area contributed by atoms with E-state index < -0.39 is 21.7 Å². The molecule has 0 spiro atoms. The molecule has 4 N–H and O–H groups in total. The lowest BCUT2D eigenvalue weighted by Crippen LogP contribution is -2.34. The maximum atomic E-state index is 12.8. The fourth-order valence-corrected chi connectivity index (χ4v) is 1.72. The van der Waals surface area contributed by atoms with Crippen molar-refractivity contribution in [3.8, 4) is 0 Å². The van der Waals surface area contributed by atoms with E-state index in [-0.39, 0.29) is 24.3 Å². The lowest BCUT2D eigenvalue weighted by molar-refractivity contribution is 0.0955. The van der Waals surface area contributed by atoms with Crippen LogP contribution in [0, 0.1) is 5.82 Å². The molecule has 0 heterocycles.